The van der Waals surface area contributed by atoms with E-state index < -0.39 is 32.3 Å². The molecule has 288 valence electrons. The SMILES string of the molecule is CCC1=CC([Si]2(C)CCC2)=CC1.CCC1=CC([Si]2(C)CCC2)=CC1.CCC1=CC([Si]2(C)CCC2)=CC1.CCC1=CC([Si]2(C)CCC2)=CC1.[Cl-].[Cl-].[Ti].[Ti]. The van der Waals surface area contributed by atoms with E-state index in [1.165, 1.54) is 77.0 Å². The standard InChI is InChI=1S/4C11H18Si.2ClH.2Ti/c4*1-3-10-5-6-11(9-10)12(2)7-4-8-12;;;;/h4*6,9H,3-5,7-8H2,1-2H3;2*1H;;/p-2. The number of rotatable bonds is 8. The maximum Gasteiger partial charge on any atom is 0.0832 e. The van der Waals surface area contributed by atoms with E-state index in [-0.39, 0.29) is 68.2 Å². The molecule has 0 unspecified atom stereocenters. The van der Waals surface area contributed by atoms with Gasteiger partial charge in [0.1, 0.15) is 0 Å². The molecule has 4 aliphatic carbocycles. The smallest absolute Gasteiger partial charge is 0.0832 e. The van der Waals surface area contributed by atoms with Gasteiger partial charge < -0.3 is 24.8 Å². The quantitative estimate of drug-likeness (QED) is 0.214. The van der Waals surface area contributed by atoms with Crippen LogP contribution in [0.15, 0.2) is 91.7 Å². The first kappa shape index (κ1) is 50.8. The van der Waals surface area contributed by atoms with E-state index in [2.05, 4.69) is 102 Å². The molecule has 0 atom stereocenters. The average Bonchev–Trinajstić information content (AvgIpc) is 3.87. The molecular weight excluding hydrogens is 807 g/mol. The molecule has 52 heavy (non-hydrogen) atoms. The Bertz CT molecular complexity index is 1220. The summed E-state index contributed by atoms with van der Waals surface area (Å²) in [6, 6.07) is 12.4. The minimum absolute atomic E-state index is 0. The second-order valence-corrected chi connectivity index (χ2v) is 36.5. The molecule has 0 aromatic carbocycles. The van der Waals surface area contributed by atoms with Crippen molar-refractivity contribution >= 4 is 32.3 Å². The van der Waals surface area contributed by atoms with Gasteiger partial charge in [-0.15, -0.1) is 0 Å². The van der Waals surface area contributed by atoms with Gasteiger partial charge in [-0.25, -0.2) is 0 Å². The predicted octanol–water partition coefficient (Wildman–Crippen LogP) is 8.70. The first-order chi connectivity index (χ1) is 23.0. The van der Waals surface area contributed by atoms with Gasteiger partial charge in [0.2, 0.25) is 0 Å². The van der Waals surface area contributed by atoms with Crippen molar-refractivity contribution in [2.45, 2.75) is 179 Å². The molecule has 8 aliphatic rings. The van der Waals surface area contributed by atoms with E-state index in [1.54, 1.807) is 91.4 Å². The minimum atomic E-state index is -0.837. The van der Waals surface area contributed by atoms with E-state index >= 15 is 0 Å². The van der Waals surface area contributed by atoms with Gasteiger partial charge in [-0.1, -0.05) is 220 Å². The Hall–Kier alpha value is 0.796. The van der Waals surface area contributed by atoms with Crippen LogP contribution in [0.25, 0.3) is 0 Å². The molecule has 0 saturated carbocycles. The van der Waals surface area contributed by atoms with Crippen LogP contribution in [0, 0.1) is 0 Å². The summed E-state index contributed by atoms with van der Waals surface area (Å²) in [6.45, 7) is 19.3. The van der Waals surface area contributed by atoms with Crippen LogP contribution in [-0.4, -0.2) is 32.3 Å². The van der Waals surface area contributed by atoms with Crippen molar-refractivity contribution in [1.82, 2.24) is 0 Å². The van der Waals surface area contributed by atoms with E-state index in [9.17, 15) is 0 Å². The van der Waals surface area contributed by atoms with Gasteiger partial charge in [-0.05, 0) is 51.4 Å². The van der Waals surface area contributed by atoms with E-state index in [1.807, 2.05) is 0 Å². The number of allylic oxidation sites excluding steroid dienone is 16. The van der Waals surface area contributed by atoms with Crippen molar-refractivity contribution in [3.05, 3.63) is 91.7 Å². The summed E-state index contributed by atoms with van der Waals surface area (Å²) in [7, 11) is -3.35. The largest absolute Gasteiger partial charge is 1.00 e. The number of hydrogen-bond donors (Lipinski definition) is 0. The minimum Gasteiger partial charge on any atom is -1.00 e. The van der Waals surface area contributed by atoms with Gasteiger partial charge in [0.05, 0.1) is 32.3 Å². The molecule has 0 amide bonds. The fourth-order valence-corrected chi connectivity index (χ4v) is 21.5. The third-order valence-electron chi connectivity index (χ3n) is 14.2. The topological polar surface area (TPSA) is 0 Å². The Morgan fingerprint density at radius 3 is 0.635 bits per heavy atom. The van der Waals surface area contributed by atoms with Gasteiger partial charge in [-0.3, -0.25) is 0 Å². The predicted molar refractivity (Wildman–Crippen MR) is 228 cm³/mol. The van der Waals surface area contributed by atoms with Crippen molar-refractivity contribution in [3.63, 3.8) is 0 Å². The number of hydrogen-bond acceptors (Lipinski definition) is 0. The zero-order valence-electron chi connectivity index (χ0n) is 34.5. The van der Waals surface area contributed by atoms with Gasteiger partial charge in [0.25, 0.3) is 0 Å². The molecule has 4 heterocycles. The maximum absolute atomic E-state index is 2.55. The first-order valence-corrected chi connectivity index (χ1v) is 32.2. The molecular formula is C44H72Cl2Si4Ti2-2. The Kier molecular flexibility index (Phi) is 22.1. The molecule has 0 radical (unpaired) electrons. The summed E-state index contributed by atoms with van der Waals surface area (Å²) in [5.74, 6) is 0. The van der Waals surface area contributed by atoms with E-state index in [0.717, 1.165) is 0 Å². The molecule has 0 aromatic rings. The Morgan fingerprint density at radius 2 is 0.538 bits per heavy atom. The van der Waals surface area contributed by atoms with E-state index in [0.29, 0.717) is 0 Å². The van der Waals surface area contributed by atoms with Crippen LogP contribution in [0.5, 0.6) is 0 Å². The molecule has 0 spiro atoms. The Balaban J connectivity index is 0.000000338. The van der Waals surface area contributed by atoms with Crippen molar-refractivity contribution in [1.29, 1.82) is 0 Å². The molecule has 0 bridgehead atoms. The molecule has 0 nitrogen and oxygen atoms in total. The molecule has 4 saturated heterocycles. The summed E-state index contributed by atoms with van der Waals surface area (Å²) in [5.41, 5.74) is 6.63. The van der Waals surface area contributed by atoms with Gasteiger partial charge in [0, 0.05) is 43.4 Å². The monoisotopic (exact) mass is 878 g/mol. The zero-order valence-corrected chi connectivity index (χ0v) is 43.2. The summed E-state index contributed by atoms with van der Waals surface area (Å²) in [6.07, 6.45) is 36.1. The third kappa shape index (κ3) is 12.4. The second kappa shape index (κ2) is 22.7. The van der Waals surface area contributed by atoms with Crippen LogP contribution in [0.2, 0.25) is 74.5 Å². The fourth-order valence-electron chi connectivity index (χ4n) is 8.97. The van der Waals surface area contributed by atoms with Crippen molar-refractivity contribution in [2.24, 2.45) is 0 Å². The molecule has 8 rings (SSSR count). The molecule has 4 aliphatic heterocycles. The Morgan fingerprint density at radius 1 is 0.365 bits per heavy atom. The summed E-state index contributed by atoms with van der Waals surface area (Å²) in [5, 5.41) is 7.08. The van der Waals surface area contributed by atoms with Crippen LogP contribution >= 0.6 is 0 Å². The van der Waals surface area contributed by atoms with Gasteiger partial charge in [0.15, 0.2) is 0 Å². The van der Waals surface area contributed by atoms with Gasteiger partial charge in [-0.2, -0.15) is 0 Å². The van der Waals surface area contributed by atoms with Crippen LogP contribution < -0.4 is 24.8 Å². The van der Waals surface area contributed by atoms with Crippen LogP contribution in [-0.2, 0) is 43.4 Å². The van der Waals surface area contributed by atoms with Crippen LogP contribution in [0.1, 0.15) is 105 Å². The maximum atomic E-state index is 2.55. The van der Waals surface area contributed by atoms with Crippen molar-refractivity contribution < 1.29 is 68.2 Å². The van der Waals surface area contributed by atoms with Crippen molar-refractivity contribution in [3.8, 4) is 0 Å². The summed E-state index contributed by atoms with van der Waals surface area (Å²) < 4.78 is 0. The molecule has 4 fully saturated rings. The Labute approximate surface area is 368 Å². The molecule has 0 N–H and O–H groups in total. The van der Waals surface area contributed by atoms with E-state index in [4.69, 9.17) is 0 Å². The first-order valence-electron chi connectivity index (χ1n) is 20.6. The average molecular weight is 880 g/mol. The normalized spacial score (nSPS) is 24.2. The van der Waals surface area contributed by atoms with Crippen LogP contribution in [0.4, 0.5) is 0 Å². The molecule has 0 aromatic heterocycles. The third-order valence-corrected chi connectivity index (χ3v) is 32.8. The number of halogens is 2. The summed E-state index contributed by atoms with van der Waals surface area (Å²) in [4.78, 5) is 0. The van der Waals surface area contributed by atoms with Gasteiger partial charge >= 0.3 is 0 Å². The van der Waals surface area contributed by atoms with Crippen LogP contribution in [0.3, 0.4) is 0 Å². The zero-order chi connectivity index (χ0) is 34.4. The van der Waals surface area contributed by atoms with Crippen molar-refractivity contribution in [2.75, 3.05) is 0 Å². The fraction of sp³-hybridized carbons (Fsp3) is 0.636. The summed E-state index contributed by atoms with van der Waals surface area (Å²) >= 11 is 0. The second-order valence-electron chi connectivity index (χ2n) is 17.7. The molecule has 8 heteroatoms.